The molecule has 20 heavy (non-hydrogen) atoms. The molecule has 1 aliphatic rings. The Labute approximate surface area is 119 Å². The summed E-state index contributed by atoms with van der Waals surface area (Å²) in [5.74, 6) is 0.0846. The summed E-state index contributed by atoms with van der Waals surface area (Å²) in [4.78, 5) is 14.5. The Morgan fingerprint density at radius 3 is 2.55 bits per heavy atom. The smallest absolute Gasteiger partial charge is 0.256 e. The minimum absolute atomic E-state index is 0.0846. The van der Waals surface area contributed by atoms with Crippen LogP contribution >= 0.6 is 0 Å². The van der Waals surface area contributed by atoms with Crippen molar-refractivity contribution in [2.24, 2.45) is 0 Å². The third-order valence-corrected chi connectivity index (χ3v) is 3.98. The van der Waals surface area contributed by atoms with Crippen LogP contribution in [0.4, 0.5) is 0 Å². The number of methoxy groups -OCH3 is 1. The molecule has 2 aromatic rings. The van der Waals surface area contributed by atoms with Crippen molar-refractivity contribution in [3.8, 4) is 0 Å². The van der Waals surface area contributed by atoms with Gasteiger partial charge in [-0.1, -0.05) is 42.5 Å². The summed E-state index contributed by atoms with van der Waals surface area (Å²) in [5, 5.41) is 2.23. The van der Waals surface area contributed by atoms with Gasteiger partial charge in [-0.3, -0.25) is 4.79 Å². The van der Waals surface area contributed by atoms with Gasteiger partial charge in [-0.2, -0.15) is 0 Å². The van der Waals surface area contributed by atoms with Crippen LogP contribution in [0.5, 0.6) is 0 Å². The number of amides is 1. The molecule has 3 nitrogen and oxygen atoms in total. The van der Waals surface area contributed by atoms with Gasteiger partial charge in [0.15, 0.2) is 6.10 Å². The van der Waals surface area contributed by atoms with Gasteiger partial charge in [-0.05, 0) is 29.2 Å². The monoisotopic (exact) mass is 269 g/mol. The number of ether oxygens (including phenoxy) is 1. The molecule has 104 valence electrons. The molecule has 1 atom stereocenters. The van der Waals surface area contributed by atoms with Gasteiger partial charge in [-0.25, -0.2) is 0 Å². The summed E-state index contributed by atoms with van der Waals surface area (Å²) >= 11 is 0. The first-order chi connectivity index (χ1) is 9.81. The van der Waals surface area contributed by atoms with E-state index in [4.69, 9.17) is 4.74 Å². The second kappa shape index (κ2) is 5.63. The summed E-state index contributed by atoms with van der Waals surface area (Å²) in [6.45, 7) is 1.70. The van der Waals surface area contributed by atoms with E-state index in [2.05, 4.69) is 12.1 Å². The molecule has 0 bridgehead atoms. The summed E-state index contributed by atoms with van der Waals surface area (Å²) in [5.41, 5.74) is 0.961. The van der Waals surface area contributed by atoms with Gasteiger partial charge in [0.05, 0.1) is 0 Å². The summed E-state index contributed by atoms with van der Waals surface area (Å²) < 4.78 is 5.53. The number of hydrogen-bond donors (Lipinski definition) is 0. The predicted molar refractivity (Wildman–Crippen MR) is 79.5 cm³/mol. The molecule has 1 heterocycles. The summed E-state index contributed by atoms with van der Waals surface area (Å²) in [6.07, 6.45) is 1.69. The Morgan fingerprint density at radius 1 is 1.10 bits per heavy atom. The van der Waals surface area contributed by atoms with E-state index < -0.39 is 6.10 Å². The fraction of sp³-hybridized carbons (Fsp3) is 0.353. The average Bonchev–Trinajstić information content (AvgIpc) is 3.02. The fourth-order valence-electron chi connectivity index (χ4n) is 2.94. The molecule has 0 aromatic heterocycles. The molecule has 1 unspecified atom stereocenters. The predicted octanol–water partition coefficient (Wildman–Crippen LogP) is 3.15. The van der Waals surface area contributed by atoms with Crippen molar-refractivity contribution in [2.75, 3.05) is 20.2 Å². The lowest BCUT2D eigenvalue weighted by Gasteiger charge is -2.23. The molecule has 0 N–H and O–H groups in total. The Kier molecular flexibility index (Phi) is 3.70. The van der Waals surface area contributed by atoms with Crippen LogP contribution in [0.25, 0.3) is 10.8 Å². The number of likely N-dealkylation sites (tertiary alicyclic amines) is 1. The zero-order valence-corrected chi connectivity index (χ0v) is 11.7. The van der Waals surface area contributed by atoms with E-state index in [1.165, 1.54) is 0 Å². The average molecular weight is 269 g/mol. The van der Waals surface area contributed by atoms with Gasteiger partial charge in [0.1, 0.15) is 0 Å². The lowest BCUT2D eigenvalue weighted by Crippen LogP contribution is -2.33. The van der Waals surface area contributed by atoms with Crippen LogP contribution in [-0.2, 0) is 9.53 Å². The van der Waals surface area contributed by atoms with Crippen molar-refractivity contribution in [1.82, 2.24) is 4.90 Å². The highest BCUT2D eigenvalue weighted by molar-refractivity contribution is 5.92. The van der Waals surface area contributed by atoms with E-state index in [0.717, 1.165) is 42.3 Å². The Balaban J connectivity index is 2.00. The highest BCUT2D eigenvalue weighted by Gasteiger charge is 2.28. The largest absolute Gasteiger partial charge is 0.367 e. The molecule has 1 amide bonds. The standard InChI is InChI=1S/C17H19NO2/c1-20-16(17(19)18-11-4-5-12-18)15-10-6-8-13-7-2-3-9-14(13)15/h2-3,6-10,16H,4-5,11-12H2,1H3. The van der Waals surface area contributed by atoms with Crippen molar-refractivity contribution in [3.05, 3.63) is 48.0 Å². The quantitative estimate of drug-likeness (QED) is 0.856. The van der Waals surface area contributed by atoms with E-state index in [1.807, 2.05) is 35.2 Å². The number of carbonyl (C=O) groups excluding carboxylic acids is 1. The van der Waals surface area contributed by atoms with Crippen molar-refractivity contribution >= 4 is 16.7 Å². The number of fused-ring (bicyclic) bond motifs is 1. The minimum atomic E-state index is -0.501. The Morgan fingerprint density at radius 2 is 1.80 bits per heavy atom. The second-order valence-corrected chi connectivity index (χ2v) is 5.22. The number of rotatable bonds is 3. The van der Waals surface area contributed by atoms with Gasteiger partial charge < -0.3 is 9.64 Å². The highest BCUT2D eigenvalue weighted by atomic mass is 16.5. The SMILES string of the molecule is COC(C(=O)N1CCCC1)c1cccc2ccccc12. The van der Waals surface area contributed by atoms with E-state index in [9.17, 15) is 4.79 Å². The fourth-order valence-corrected chi connectivity index (χ4v) is 2.94. The molecule has 1 fully saturated rings. The maximum Gasteiger partial charge on any atom is 0.256 e. The number of benzene rings is 2. The molecule has 0 spiro atoms. The van der Waals surface area contributed by atoms with Crippen LogP contribution in [0.15, 0.2) is 42.5 Å². The minimum Gasteiger partial charge on any atom is -0.367 e. The summed E-state index contributed by atoms with van der Waals surface area (Å²) in [7, 11) is 1.61. The lowest BCUT2D eigenvalue weighted by molar-refractivity contribution is -0.141. The molecule has 0 aliphatic carbocycles. The van der Waals surface area contributed by atoms with Gasteiger partial charge >= 0.3 is 0 Å². The lowest BCUT2D eigenvalue weighted by atomic mass is 9.99. The zero-order chi connectivity index (χ0) is 13.9. The van der Waals surface area contributed by atoms with Crippen LogP contribution < -0.4 is 0 Å². The van der Waals surface area contributed by atoms with Crippen LogP contribution in [-0.4, -0.2) is 31.0 Å². The van der Waals surface area contributed by atoms with E-state index >= 15 is 0 Å². The van der Waals surface area contributed by atoms with E-state index in [-0.39, 0.29) is 5.91 Å². The maximum atomic E-state index is 12.6. The van der Waals surface area contributed by atoms with Crippen LogP contribution in [0.3, 0.4) is 0 Å². The number of nitrogens with zero attached hydrogens (tertiary/aromatic N) is 1. The first-order valence-electron chi connectivity index (χ1n) is 7.10. The van der Waals surface area contributed by atoms with Crippen LogP contribution in [0, 0.1) is 0 Å². The molecule has 3 heteroatoms. The second-order valence-electron chi connectivity index (χ2n) is 5.22. The summed E-state index contributed by atoms with van der Waals surface area (Å²) in [6, 6.07) is 14.2. The normalized spacial score (nSPS) is 16.6. The Bertz CT molecular complexity index is 612. The molecule has 1 aliphatic heterocycles. The number of hydrogen-bond acceptors (Lipinski definition) is 2. The molecular formula is C17H19NO2. The van der Waals surface area contributed by atoms with Crippen LogP contribution in [0.2, 0.25) is 0 Å². The van der Waals surface area contributed by atoms with Gasteiger partial charge in [0.25, 0.3) is 5.91 Å². The third kappa shape index (κ3) is 2.29. The molecular weight excluding hydrogens is 250 g/mol. The maximum absolute atomic E-state index is 12.6. The molecule has 3 rings (SSSR count). The molecule has 0 saturated carbocycles. The van der Waals surface area contributed by atoms with Crippen molar-refractivity contribution in [1.29, 1.82) is 0 Å². The molecule has 2 aromatic carbocycles. The molecule has 0 radical (unpaired) electrons. The van der Waals surface area contributed by atoms with Gasteiger partial charge in [0.2, 0.25) is 0 Å². The number of carbonyl (C=O) groups is 1. The van der Waals surface area contributed by atoms with Crippen molar-refractivity contribution in [3.63, 3.8) is 0 Å². The van der Waals surface area contributed by atoms with E-state index in [1.54, 1.807) is 7.11 Å². The van der Waals surface area contributed by atoms with Crippen LogP contribution in [0.1, 0.15) is 24.5 Å². The van der Waals surface area contributed by atoms with Crippen molar-refractivity contribution < 1.29 is 9.53 Å². The highest BCUT2D eigenvalue weighted by Crippen LogP contribution is 2.28. The van der Waals surface area contributed by atoms with Gasteiger partial charge in [-0.15, -0.1) is 0 Å². The van der Waals surface area contributed by atoms with E-state index in [0.29, 0.717) is 0 Å². The molecule has 1 saturated heterocycles. The zero-order valence-electron chi connectivity index (χ0n) is 11.7. The topological polar surface area (TPSA) is 29.5 Å². The third-order valence-electron chi connectivity index (χ3n) is 3.98. The Hall–Kier alpha value is -1.87. The first kappa shape index (κ1) is 13.1. The van der Waals surface area contributed by atoms with Crippen molar-refractivity contribution in [2.45, 2.75) is 18.9 Å². The first-order valence-corrected chi connectivity index (χ1v) is 7.10. The van der Waals surface area contributed by atoms with Gasteiger partial charge in [0, 0.05) is 20.2 Å².